The van der Waals surface area contributed by atoms with Crippen molar-refractivity contribution in [2.75, 3.05) is 31.5 Å². The number of nitriles is 1. The van der Waals surface area contributed by atoms with Gasteiger partial charge in [-0.25, -0.2) is 13.7 Å². The van der Waals surface area contributed by atoms with Gasteiger partial charge in [-0.2, -0.15) is 18.1 Å². The maximum Gasteiger partial charge on any atom is 1.00 e. The molecule has 0 spiro atoms. The molecule has 2 aromatic carbocycles. The van der Waals surface area contributed by atoms with E-state index in [4.69, 9.17) is 14.6 Å². The number of likely N-dealkylation sites (N-methyl/N-ethyl adjacent to an activating group) is 1. The second-order valence-electron chi connectivity index (χ2n) is 8.77. The van der Waals surface area contributed by atoms with E-state index in [9.17, 15) is 14.4 Å². The van der Waals surface area contributed by atoms with Gasteiger partial charge < -0.3 is 33.1 Å². The van der Waals surface area contributed by atoms with E-state index in [1.54, 1.807) is 28.1 Å². The average molecular weight is 549 g/mol. The number of rotatable bonds is 10. The van der Waals surface area contributed by atoms with Crippen LogP contribution in [0.25, 0.3) is 10.9 Å². The van der Waals surface area contributed by atoms with Gasteiger partial charge in [0.2, 0.25) is 0 Å². The minimum atomic E-state index is -0.722. The SMILES string of the molecule is [CH2-]CC1(C[CH2-])CC(n2cnc3ccc(Oc4c(F)ccc(NSN(C)CCO)c4C#N)cc3c2=O)CO1.[Na+]. The number of aromatic nitrogens is 2. The molecule has 1 saturated heterocycles. The van der Waals surface area contributed by atoms with Crippen molar-refractivity contribution in [1.29, 1.82) is 5.26 Å². The molecule has 0 amide bonds. The molecule has 1 unspecified atom stereocenters. The molecule has 4 rings (SSSR count). The first-order valence-electron chi connectivity index (χ1n) is 11.7. The van der Waals surface area contributed by atoms with Crippen LogP contribution in [-0.4, -0.2) is 51.4 Å². The summed E-state index contributed by atoms with van der Waals surface area (Å²) in [5.41, 5.74) is 0.0494. The Bertz CT molecular complexity index is 1380. The van der Waals surface area contributed by atoms with Crippen molar-refractivity contribution in [1.82, 2.24) is 13.9 Å². The first kappa shape index (κ1) is 30.4. The third-order valence-electron chi connectivity index (χ3n) is 6.42. The topological polar surface area (TPSA) is 113 Å². The predicted octanol–water partition coefficient (Wildman–Crippen LogP) is 1.25. The molecule has 3 aromatic rings. The van der Waals surface area contributed by atoms with E-state index in [0.29, 0.717) is 49.0 Å². The molecule has 12 heteroatoms. The number of aliphatic hydroxyl groups excluding tert-OH is 1. The van der Waals surface area contributed by atoms with Gasteiger partial charge in [0, 0.05) is 24.3 Å². The molecule has 0 radical (unpaired) electrons. The van der Waals surface area contributed by atoms with Gasteiger partial charge in [0.05, 0.1) is 42.2 Å². The van der Waals surface area contributed by atoms with Gasteiger partial charge in [-0.15, -0.1) is 0 Å². The number of nitrogens with one attached hydrogen (secondary N) is 1. The van der Waals surface area contributed by atoms with E-state index in [2.05, 4.69) is 23.6 Å². The molecule has 1 atom stereocenters. The summed E-state index contributed by atoms with van der Waals surface area (Å²) in [4.78, 5) is 17.8. The minimum Gasteiger partial charge on any atom is -0.453 e. The molecule has 9 nitrogen and oxygen atoms in total. The summed E-state index contributed by atoms with van der Waals surface area (Å²) in [5.74, 6) is -0.795. The predicted molar refractivity (Wildman–Crippen MR) is 140 cm³/mol. The van der Waals surface area contributed by atoms with Gasteiger partial charge in [0.25, 0.3) is 5.56 Å². The van der Waals surface area contributed by atoms with Crippen LogP contribution >= 0.6 is 12.1 Å². The zero-order valence-corrected chi connectivity index (χ0v) is 24.3. The van der Waals surface area contributed by atoms with E-state index in [-0.39, 0.29) is 64.8 Å². The molecule has 38 heavy (non-hydrogen) atoms. The molecule has 1 fully saturated rings. The monoisotopic (exact) mass is 548 g/mol. The Morgan fingerprint density at radius 2 is 2.16 bits per heavy atom. The van der Waals surface area contributed by atoms with Crippen molar-refractivity contribution in [3.05, 3.63) is 72.2 Å². The van der Waals surface area contributed by atoms with E-state index in [1.165, 1.54) is 24.5 Å². The van der Waals surface area contributed by atoms with Gasteiger partial charge in [-0.05, 0) is 43.8 Å². The summed E-state index contributed by atoms with van der Waals surface area (Å²) in [6, 6.07) is 9.09. The van der Waals surface area contributed by atoms with E-state index in [1.807, 2.05) is 6.07 Å². The smallest absolute Gasteiger partial charge is 0.453 e. The zero-order chi connectivity index (χ0) is 26.6. The molecular weight excluding hydrogens is 520 g/mol. The van der Waals surface area contributed by atoms with Gasteiger partial charge in [-0.3, -0.25) is 9.36 Å². The third kappa shape index (κ3) is 6.34. The van der Waals surface area contributed by atoms with Crippen molar-refractivity contribution in [2.45, 2.75) is 30.9 Å². The van der Waals surface area contributed by atoms with Crippen LogP contribution in [0.1, 0.15) is 30.9 Å². The molecule has 1 aliphatic heterocycles. The molecule has 196 valence electrons. The second kappa shape index (κ2) is 13.3. The maximum atomic E-state index is 14.8. The Hall–Kier alpha value is -2.17. The van der Waals surface area contributed by atoms with Crippen LogP contribution in [0.15, 0.2) is 41.5 Å². The summed E-state index contributed by atoms with van der Waals surface area (Å²) >= 11 is 1.15. The summed E-state index contributed by atoms with van der Waals surface area (Å²) in [6.45, 7) is 8.64. The van der Waals surface area contributed by atoms with Gasteiger partial charge in [0.15, 0.2) is 11.6 Å². The summed E-state index contributed by atoms with van der Waals surface area (Å²) in [6.07, 6.45) is 3.22. The van der Waals surface area contributed by atoms with Crippen LogP contribution in [0.5, 0.6) is 11.5 Å². The Kier molecular flexibility index (Phi) is 10.6. The minimum absolute atomic E-state index is 0. The number of benzene rings is 2. The van der Waals surface area contributed by atoms with E-state index in [0.717, 1.165) is 12.1 Å². The average Bonchev–Trinajstić information content (AvgIpc) is 3.34. The Labute approximate surface area is 247 Å². The fourth-order valence-electron chi connectivity index (χ4n) is 4.20. The number of halogens is 1. The van der Waals surface area contributed by atoms with Crippen LogP contribution in [0.4, 0.5) is 10.1 Å². The van der Waals surface area contributed by atoms with Crippen LogP contribution in [0.3, 0.4) is 0 Å². The number of nitrogens with zero attached hydrogens (tertiary/aromatic N) is 4. The number of anilines is 1. The van der Waals surface area contributed by atoms with Gasteiger partial charge in [0.1, 0.15) is 17.4 Å². The number of ether oxygens (including phenoxy) is 2. The van der Waals surface area contributed by atoms with Crippen LogP contribution in [0.2, 0.25) is 0 Å². The van der Waals surface area contributed by atoms with Gasteiger partial charge in [-0.1, -0.05) is 0 Å². The van der Waals surface area contributed by atoms with Crippen LogP contribution in [0, 0.1) is 31.0 Å². The molecule has 0 saturated carbocycles. The molecule has 0 aliphatic carbocycles. The molecular formula is C26H28FN5NaO4S-. The largest absolute Gasteiger partial charge is 1.00 e. The Balaban J connectivity index is 0.00000400. The number of fused-ring (bicyclic) bond motifs is 1. The van der Waals surface area contributed by atoms with Crippen molar-refractivity contribution in [3.8, 4) is 17.6 Å². The molecule has 2 N–H and O–H groups in total. The van der Waals surface area contributed by atoms with Crippen molar-refractivity contribution < 1.29 is 48.5 Å². The molecule has 2 heterocycles. The van der Waals surface area contributed by atoms with Crippen molar-refractivity contribution in [2.24, 2.45) is 0 Å². The third-order valence-corrected chi connectivity index (χ3v) is 7.22. The standard InChI is InChI=1S/C26H28FN5O4S.Na/c1-4-26(5-2)13-17(15-35-26)32-16-29-22-8-6-18(12-19(22)25(32)34)36-24-20(14-28)23(9-7-21(24)27)30-37-31(3)10-11-33;/h6-9,12,16-17,30,33H,1-2,4-5,10-11,13,15H2,3H3;/q-2;+1. The normalized spacial score (nSPS) is 16.3. The fourth-order valence-corrected chi connectivity index (χ4v) is 4.79. The zero-order valence-electron chi connectivity index (χ0n) is 21.4. The first-order valence-corrected chi connectivity index (χ1v) is 12.5. The van der Waals surface area contributed by atoms with Crippen molar-refractivity contribution in [3.63, 3.8) is 0 Å². The Morgan fingerprint density at radius 3 is 2.82 bits per heavy atom. The van der Waals surface area contributed by atoms with E-state index >= 15 is 0 Å². The summed E-state index contributed by atoms with van der Waals surface area (Å²) in [5, 5.41) is 19.1. The molecule has 0 bridgehead atoms. The summed E-state index contributed by atoms with van der Waals surface area (Å²) < 4.78 is 32.8. The van der Waals surface area contributed by atoms with E-state index < -0.39 is 11.4 Å². The first-order chi connectivity index (χ1) is 17.8. The van der Waals surface area contributed by atoms with Crippen LogP contribution < -0.4 is 44.6 Å². The van der Waals surface area contributed by atoms with Gasteiger partial charge >= 0.3 is 29.6 Å². The fraction of sp³-hybridized carbons (Fsp3) is 0.346. The number of hydrogen-bond donors (Lipinski definition) is 2. The van der Waals surface area contributed by atoms with Crippen LogP contribution in [-0.2, 0) is 4.74 Å². The number of aliphatic hydroxyl groups is 1. The Morgan fingerprint density at radius 1 is 1.39 bits per heavy atom. The second-order valence-corrected chi connectivity index (χ2v) is 9.78. The molecule has 1 aliphatic rings. The quantitative estimate of drug-likeness (QED) is 0.220. The molecule has 1 aromatic heterocycles. The van der Waals surface area contributed by atoms with Crippen molar-refractivity contribution >= 4 is 28.7 Å². The summed E-state index contributed by atoms with van der Waals surface area (Å²) in [7, 11) is 1.76. The number of hydrogen-bond acceptors (Lipinski definition) is 9. The maximum absolute atomic E-state index is 14.8.